The Labute approximate surface area is 92.2 Å². The number of carbonyl (C=O) groups is 1. The lowest BCUT2D eigenvalue weighted by atomic mass is 10.2. The first kappa shape index (κ1) is 12.2. The van der Waals surface area contributed by atoms with Crippen molar-refractivity contribution < 1.29 is 14.5 Å². The van der Waals surface area contributed by atoms with Gasteiger partial charge in [0.2, 0.25) is 5.69 Å². The maximum Gasteiger partial charge on any atom is 0.365 e. The van der Waals surface area contributed by atoms with Crippen LogP contribution < -0.4 is 0 Å². The Kier molecular flexibility index (Phi) is 3.60. The average Bonchev–Trinajstić information content (AvgIpc) is 2.59. The summed E-state index contributed by atoms with van der Waals surface area (Å²) in [4.78, 5) is 21.3. The molecular weight excluding hydrogens is 214 g/mol. The summed E-state index contributed by atoms with van der Waals surface area (Å²) in [6.45, 7) is 4.41. The lowest BCUT2D eigenvalue weighted by molar-refractivity contribution is -0.385. The van der Waals surface area contributed by atoms with E-state index in [4.69, 9.17) is 0 Å². The van der Waals surface area contributed by atoms with Gasteiger partial charge in [0.1, 0.15) is 6.20 Å². The number of esters is 1. The van der Waals surface area contributed by atoms with Crippen molar-refractivity contribution in [3.8, 4) is 0 Å². The van der Waals surface area contributed by atoms with Crippen LogP contribution in [-0.4, -0.2) is 27.8 Å². The van der Waals surface area contributed by atoms with Crippen molar-refractivity contribution in [1.29, 1.82) is 0 Å². The number of carbonyl (C=O) groups excluding carboxylic acids is 1. The van der Waals surface area contributed by atoms with Gasteiger partial charge in [0.25, 0.3) is 0 Å². The molecule has 0 saturated carbocycles. The van der Waals surface area contributed by atoms with Crippen molar-refractivity contribution in [3.63, 3.8) is 0 Å². The number of methoxy groups -OCH3 is 1. The Bertz CT molecular complexity index is 411. The second kappa shape index (κ2) is 4.73. The van der Waals surface area contributed by atoms with Crippen molar-refractivity contribution in [3.05, 3.63) is 22.0 Å². The monoisotopic (exact) mass is 227 g/mol. The van der Waals surface area contributed by atoms with Crippen LogP contribution in [0.3, 0.4) is 0 Å². The van der Waals surface area contributed by atoms with Gasteiger partial charge >= 0.3 is 11.7 Å². The predicted octanol–water partition coefficient (Wildman–Crippen LogP) is 1.23. The molecule has 0 aromatic carbocycles. The maximum atomic E-state index is 11.2. The lowest BCUT2D eigenvalue weighted by Crippen LogP contribution is -2.08. The molecular formula is C9H13N3O4. The topological polar surface area (TPSA) is 87.3 Å². The van der Waals surface area contributed by atoms with E-state index >= 15 is 0 Å². The first-order valence-electron chi connectivity index (χ1n) is 4.75. The van der Waals surface area contributed by atoms with Gasteiger partial charge in [-0.05, 0) is 5.92 Å². The van der Waals surface area contributed by atoms with E-state index in [2.05, 4.69) is 9.84 Å². The molecule has 0 saturated heterocycles. The highest BCUT2D eigenvalue weighted by Gasteiger charge is 2.26. The summed E-state index contributed by atoms with van der Waals surface area (Å²) in [5.41, 5.74) is -0.583. The van der Waals surface area contributed by atoms with E-state index in [0.717, 1.165) is 7.11 Å². The van der Waals surface area contributed by atoms with Crippen molar-refractivity contribution in [1.82, 2.24) is 9.78 Å². The molecule has 0 aliphatic carbocycles. The lowest BCUT2D eigenvalue weighted by Gasteiger charge is -2.02. The zero-order valence-corrected chi connectivity index (χ0v) is 9.34. The quantitative estimate of drug-likeness (QED) is 0.438. The van der Waals surface area contributed by atoms with Gasteiger partial charge in [-0.1, -0.05) is 13.8 Å². The molecule has 0 radical (unpaired) electrons. The smallest absolute Gasteiger partial charge is 0.365 e. The predicted molar refractivity (Wildman–Crippen MR) is 55.1 cm³/mol. The van der Waals surface area contributed by atoms with E-state index in [9.17, 15) is 14.9 Å². The summed E-state index contributed by atoms with van der Waals surface area (Å²) in [5.74, 6) is -0.515. The van der Waals surface area contributed by atoms with Crippen LogP contribution in [0.25, 0.3) is 0 Å². The largest absolute Gasteiger partial charge is 0.464 e. The summed E-state index contributed by atoms with van der Waals surface area (Å²) >= 11 is 0. The fourth-order valence-electron chi connectivity index (χ4n) is 1.25. The number of hydrogen-bond acceptors (Lipinski definition) is 5. The summed E-state index contributed by atoms with van der Waals surface area (Å²) < 4.78 is 5.81. The molecule has 0 bridgehead atoms. The molecule has 0 aliphatic heterocycles. The molecule has 1 aromatic rings. The normalized spacial score (nSPS) is 10.5. The van der Waals surface area contributed by atoms with Crippen LogP contribution in [0.1, 0.15) is 24.3 Å². The molecule has 0 amide bonds. The number of nitro groups is 1. The molecule has 7 nitrogen and oxygen atoms in total. The third kappa shape index (κ3) is 2.56. The highest BCUT2D eigenvalue weighted by atomic mass is 16.6. The van der Waals surface area contributed by atoms with Crippen molar-refractivity contribution >= 4 is 11.7 Å². The summed E-state index contributed by atoms with van der Waals surface area (Å²) in [5, 5.41) is 14.5. The zero-order valence-electron chi connectivity index (χ0n) is 9.34. The van der Waals surface area contributed by atoms with E-state index in [1.54, 1.807) is 0 Å². The first-order valence-corrected chi connectivity index (χ1v) is 4.75. The SMILES string of the molecule is COC(=O)c1nn(CC(C)C)cc1[N+](=O)[O-]. The van der Waals surface area contributed by atoms with Crippen molar-refractivity contribution in [2.45, 2.75) is 20.4 Å². The van der Waals surface area contributed by atoms with Gasteiger partial charge in [0.05, 0.1) is 12.0 Å². The summed E-state index contributed by atoms with van der Waals surface area (Å²) in [6.07, 6.45) is 1.24. The molecule has 1 heterocycles. The molecule has 7 heteroatoms. The van der Waals surface area contributed by atoms with E-state index in [1.165, 1.54) is 10.9 Å². The average molecular weight is 227 g/mol. The fraction of sp³-hybridized carbons (Fsp3) is 0.556. The van der Waals surface area contributed by atoms with E-state index in [1.807, 2.05) is 13.8 Å². The van der Waals surface area contributed by atoms with Gasteiger partial charge in [0, 0.05) is 6.54 Å². The van der Waals surface area contributed by atoms with Gasteiger partial charge < -0.3 is 4.74 Å². The molecule has 0 N–H and O–H groups in total. The van der Waals surface area contributed by atoms with Crippen LogP contribution in [0, 0.1) is 16.0 Å². The molecule has 0 fully saturated rings. The Morgan fingerprint density at radius 2 is 2.31 bits per heavy atom. The van der Waals surface area contributed by atoms with Crippen molar-refractivity contribution in [2.24, 2.45) is 5.92 Å². The van der Waals surface area contributed by atoms with Crippen LogP contribution in [-0.2, 0) is 11.3 Å². The fourth-order valence-corrected chi connectivity index (χ4v) is 1.25. The first-order chi connectivity index (χ1) is 7.45. The van der Waals surface area contributed by atoms with Gasteiger partial charge in [-0.2, -0.15) is 5.10 Å². The Morgan fingerprint density at radius 1 is 1.69 bits per heavy atom. The molecule has 1 rings (SSSR count). The molecule has 1 aromatic heterocycles. The minimum Gasteiger partial charge on any atom is -0.464 e. The molecule has 0 atom stereocenters. The number of nitrogens with zero attached hydrogens (tertiary/aromatic N) is 3. The number of rotatable bonds is 4. The van der Waals surface area contributed by atoms with Crippen LogP contribution >= 0.6 is 0 Å². The number of hydrogen-bond donors (Lipinski definition) is 0. The van der Waals surface area contributed by atoms with Crippen LogP contribution in [0.4, 0.5) is 5.69 Å². The molecule has 16 heavy (non-hydrogen) atoms. The van der Waals surface area contributed by atoms with Crippen LogP contribution in [0.5, 0.6) is 0 Å². The van der Waals surface area contributed by atoms with E-state index in [0.29, 0.717) is 6.54 Å². The Hall–Kier alpha value is -1.92. The van der Waals surface area contributed by atoms with E-state index < -0.39 is 10.9 Å². The van der Waals surface area contributed by atoms with Gasteiger partial charge in [-0.15, -0.1) is 0 Å². The van der Waals surface area contributed by atoms with Gasteiger partial charge in [-0.25, -0.2) is 4.79 Å². The molecule has 0 unspecified atom stereocenters. The minimum absolute atomic E-state index is 0.256. The summed E-state index contributed by atoms with van der Waals surface area (Å²) in [6, 6.07) is 0. The highest BCUT2D eigenvalue weighted by molar-refractivity contribution is 5.91. The highest BCUT2D eigenvalue weighted by Crippen LogP contribution is 2.18. The second-order valence-corrected chi connectivity index (χ2v) is 3.73. The number of aromatic nitrogens is 2. The molecule has 88 valence electrons. The van der Waals surface area contributed by atoms with Crippen LogP contribution in [0.15, 0.2) is 6.20 Å². The van der Waals surface area contributed by atoms with Gasteiger partial charge in [-0.3, -0.25) is 14.8 Å². The van der Waals surface area contributed by atoms with E-state index in [-0.39, 0.29) is 17.3 Å². The molecule has 0 aliphatic rings. The standard InChI is InChI=1S/C9H13N3O4/c1-6(2)4-11-5-7(12(14)15)8(10-11)9(13)16-3/h5-6H,4H2,1-3H3. The third-order valence-corrected chi connectivity index (χ3v) is 1.87. The van der Waals surface area contributed by atoms with Crippen molar-refractivity contribution in [2.75, 3.05) is 7.11 Å². The maximum absolute atomic E-state index is 11.2. The van der Waals surface area contributed by atoms with Crippen LogP contribution in [0.2, 0.25) is 0 Å². The van der Waals surface area contributed by atoms with Gasteiger partial charge in [0.15, 0.2) is 0 Å². The number of ether oxygens (including phenoxy) is 1. The third-order valence-electron chi connectivity index (χ3n) is 1.87. The Morgan fingerprint density at radius 3 is 2.75 bits per heavy atom. The molecule has 0 spiro atoms. The minimum atomic E-state index is -0.797. The Balaban J connectivity index is 3.10. The second-order valence-electron chi connectivity index (χ2n) is 3.73. The zero-order chi connectivity index (χ0) is 12.3. The summed E-state index contributed by atoms with van der Waals surface area (Å²) in [7, 11) is 1.16.